The summed E-state index contributed by atoms with van der Waals surface area (Å²) in [6, 6.07) is 5.90. The van der Waals surface area contributed by atoms with E-state index in [1.807, 2.05) is 25.2 Å². The van der Waals surface area contributed by atoms with Crippen LogP contribution < -0.4 is 16.0 Å². The van der Waals surface area contributed by atoms with Gasteiger partial charge in [0.1, 0.15) is 17.4 Å². The van der Waals surface area contributed by atoms with Gasteiger partial charge in [0.2, 0.25) is 5.95 Å². The first-order chi connectivity index (χ1) is 16.0. The lowest BCUT2D eigenvalue weighted by Crippen LogP contribution is -2.40. The van der Waals surface area contributed by atoms with Crippen molar-refractivity contribution >= 4 is 39.0 Å². The van der Waals surface area contributed by atoms with E-state index in [0.29, 0.717) is 22.1 Å². The van der Waals surface area contributed by atoms with Gasteiger partial charge in [-0.1, -0.05) is 6.92 Å². The third-order valence-electron chi connectivity index (χ3n) is 6.81. The first kappa shape index (κ1) is 24.5. The van der Waals surface area contributed by atoms with Crippen LogP contribution >= 0.6 is 11.3 Å². The quantitative estimate of drug-likeness (QED) is 0.355. The monoisotopic (exact) mass is 494 g/mol. The minimum absolute atomic E-state index is 0.0902. The summed E-state index contributed by atoms with van der Waals surface area (Å²) in [5.74, 6) is 0.639. The highest BCUT2D eigenvalue weighted by molar-refractivity contribution is 7.21. The summed E-state index contributed by atoms with van der Waals surface area (Å²) in [7, 11) is 1.84. The summed E-state index contributed by atoms with van der Waals surface area (Å²) < 4.78 is 39.4. The van der Waals surface area contributed by atoms with Crippen LogP contribution in [0.4, 0.5) is 30.6 Å². The molecule has 1 aromatic carbocycles. The van der Waals surface area contributed by atoms with Gasteiger partial charge in [0.25, 0.3) is 0 Å². The third kappa shape index (κ3) is 4.90. The summed E-state index contributed by atoms with van der Waals surface area (Å²) in [5.41, 5.74) is 2.57. The van der Waals surface area contributed by atoms with Gasteiger partial charge in [-0.3, -0.25) is 0 Å². The summed E-state index contributed by atoms with van der Waals surface area (Å²) in [5, 5.41) is 19.4. The van der Waals surface area contributed by atoms with E-state index in [-0.39, 0.29) is 29.9 Å². The Kier molecular flexibility index (Phi) is 6.61. The number of anilines is 3. The highest BCUT2D eigenvalue weighted by atomic mass is 32.1. The Morgan fingerprint density at radius 1 is 1.24 bits per heavy atom. The van der Waals surface area contributed by atoms with Crippen LogP contribution in [0.3, 0.4) is 0 Å². The number of nitrogens with one attached hydrogen (secondary N) is 3. The molecule has 4 rings (SSSR count). The highest BCUT2D eigenvalue weighted by Crippen LogP contribution is 2.44. The molecule has 4 N–H and O–H groups in total. The second-order valence-electron chi connectivity index (χ2n) is 9.09. The molecule has 7 nitrogen and oxygen atoms in total. The van der Waals surface area contributed by atoms with Crippen molar-refractivity contribution < 1.29 is 18.3 Å². The molecule has 34 heavy (non-hydrogen) atoms. The molecule has 11 heteroatoms. The normalized spacial score (nSPS) is 22.8. The van der Waals surface area contributed by atoms with Gasteiger partial charge < -0.3 is 21.1 Å². The van der Waals surface area contributed by atoms with Crippen LogP contribution in [0, 0.1) is 18.8 Å². The summed E-state index contributed by atoms with van der Waals surface area (Å²) in [6.07, 6.45) is -2.73. The van der Waals surface area contributed by atoms with Crippen LogP contribution in [0.15, 0.2) is 18.2 Å². The second-order valence-corrected chi connectivity index (χ2v) is 10.1. The number of hydrogen-bond acceptors (Lipinski definition) is 8. The number of aryl methyl sites for hydroxylation is 1. The average Bonchev–Trinajstić information content (AvgIpc) is 3.31. The van der Waals surface area contributed by atoms with Crippen molar-refractivity contribution in [3.8, 4) is 10.6 Å². The Bertz CT molecular complexity index is 1180. The lowest BCUT2D eigenvalue weighted by atomic mass is 9.86. The summed E-state index contributed by atoms with van der Waals surface area (Å²) in [4.78, 5) is 13.6. The molecule has 1 aliphatic carbocycles. The Balaban J connectivity index is 1.78. The molecule has 3 aromatic rings. The minimum Gasteiger partial charge on any atom is -0.396 e. The number of alkyl halides is 3. The Hall–Kier alpha value is -2.66. The van der Waals surface area contributed by atoms with E-state index in [0.717, 1.165) is 28.7 Å². The van der Waals surface area contributed by atoms with Gasteiger partial charge in [-0.25, -0.2) is 9.97 Å². The molecule has 3 atom stereocenters. The van der Waals surface area contributed by atoms with Crippen LogP contribution in [0.2, 0.25) is 0 Å². The molecule has 1 aliphatic rings. The number of halogens is 3. The SMILES string of the molecule is CNc1ccc2sc(-c3c(C)nc(NCC(F)(F)F)nc3NC3(C)CCC(CO)C3C)nc2c1. The molecular weight excluding hydrogens is 465 g/mol. The van der Waals surface area contributed by atoms with Gasteiger partial charge in [-0.05, 0) is 56.7 Å². The molecule has 184 valence electrons. The van der Waals surface area contributed by atoms with Crippen molar-refractivity contribution in [2.45, 2.75) is 45.3 Å². The maximum atomic E-state index is 12.8. The smallest absolute Gasteiger partial charge is 0.396 e. The number of nitrogens with zero attached hydrogens (tertiary/aromatic N) is 3. The first-order valence-electron chi connectivity index (χ1n) is 11.2. The zero-order chi connectivity index (χ0) is 24.7. The van der Waals surface area contributed by atoms with E-state index >= 15 is 0 Å². The molecule has 0 aliphatic heterocycles. The molecular formula is C23H29F3N6OS. The number of benzene rings is 1. The van der Waals surface area contributed by atoms with Crippen LogP contribution in [-0.2, 0) is 0 Å². The molecule has 0 bridgehead atoms. The molecule has 0 amide bonds. The maximum Gasteiger partial charge on any atom is 0.405 e. The van der Waals surface area contributed by atoms with Gasteiger partial charge in [-0.15, -0.1) is 11.3 Å². The lowest BCUT2D eigenvalue weighted by molar-refractivity contribution is -0.115. The van der Waals surface area contributed by atoms with Crippen molar-refractivity contribution in [3.63, 3.8) is 0 Å². The van der Waals surface area contributed by atoms with Gasteiger partial charge in [-0.2, -0.15) is 18.2 Å². The van der Waals surface area contributed by atoms with Gasteiger partial charge in [0.15, 0.2) is 0 Å². The van der Waals surface area contributed by atoms with Crippen molar-refractivity contribution in [2.75, 3.05) is 36.1 Å². The number of fused-ring (bicyclic) bond motifs is 1. The number of aliphatic hydroxyl groups excluding tert-OH is 1. The fourth-order valence-electron chi connectivity index (χ4n) is 4.55. The minimum atomic E-state index is -4.39. The van der Waals surface area contributed by atoms with Crippen LogP contribution in [0.1, 0.15) is 32.4 Å². The average molecular weight is 495 g/mol. The first-order valence-corrected chi connectivity index (χ1v) is 12.0. The third-order valence-corrected chi connectivity index (χ3v) is 7.87. The van der Waals surface area contributed by atoms with Gasteiger partial charge in [0, 0.05) is 24.9 Å². The molecule has 0 radical (unpaired) electrons. The number of thiazole rings is 1. The van der Waals surface area contributed by atoms with Crippen molar-refractivity contribution in [1.82, 2.24) is 15.0 Å². The van der Waals surface area contributed by atoms with Crippen molar-refractivity contribution in [1.29, 1.82) is 0 Å². The second kappa shape index (κ2) is 9.18. The highest BCUT2D eigenvalue weighted by Gasteiger charge is 2.43. The van der Waals surface area contributed by atoms with Crippen molar-refractivity contribution in [2.24, 2.45) is 11.8 Å². The number of aromatic nitrogens is 3. The van der Waals surface area contributed by atoms with Crippen LogP contribution in [0.25, 0.3) is 20.8 Å². The summed E-state index contributed by atoms with van der Waals surface area (Å²) in [6.45, 7) is 4.77. The van der Waals surface area contributed by atoms with E-state index in [2.05, 4.69) is 39.8 Å². The fourth-order valence-corrected chi connectivity index (χ4v) is 5.59. The lowest BCUT2D eigenvalue weighted by Gasteiger charge is -2.34. The Morgan fingerprint density at radius 3 is 2.65 bits per heavy atom. The zero-order valence-corrected chi connectivity index (χ0v) is 20.4. The molecule has 2 aromatic heterocycles. The Morgan fingerprint density at radius 2 is 2.00 bits per heavy atom. The van der Waals surface area contributed by atoms with Gasteiger partial charge in [0.05, 0.1) is 21.5 Å². The Labute approximate surface area is 200 Å². The van der Waals surface area contributed by atoms with E-state index in [4.69, 9.17) is 4.98 Å². The molecule has 1 fully saturated rings. The fraction of sp³-hybridized carbons (Fsp3) is 0.522. The number of rotatable bonds is 7. The maximum absolute atomic E-state index is 12.8. The van der Waals surface area contributed by atoms with E-state index in [9.17, 15) is 18.3 Å². The number of hydrogen-bond donors (Lipinski definition) is 4. The van der Waals surface area contributed by atoms with Crippen molar-refractivity contribution in [3.05, 3.63) is 23.9 Å². The largest absolute Gasteiger partial charge is 0.405 e. The zero-order valence-electron chi connectivity index (χ0n) is 19.5. The molecule has 0 spiro atoms. The van der Waals surface area contributed by atoms with E-state index in [1.54, 1.807) is 6.92 Å². The molecule has 2 heterocycles. The predicted octanol–water partition coefficient (Wildman–Crippen LogP) is 5.29. The standard InChI is InChI=1S/C23H29F3N6OS/c1-12-14(10-33)7-8-22(12,3)32-19-18(13(2)29-21(31-19)28-11-23(24,25)26)20-30-16-9-15(27-4)5-6-17(16)34-20/h5-6,9,12,14,27,33H,7-8,10-11H2,1-4H3,(H2,28,29,31,32). The summed E-state index contributed by atoms with van der Waals surface area (Å²) >= 11 is 1.48. The van der Waals surface area contributed by atoms with E-state index in [1.165, 1.54) is 11.3 Å². The molecule has 3 unspecified atom stereocenters. The molecule has 0 saturated heterocycles. The van der Waals surface area contributed by atoms with E-state index < -0.39 is 12.7 Å². The topological polar surface area (TPSA) is 95.0 Å². The van der Waals surface area contributed by atoms with Gasteiger partial charge >= 0.3 is 6.18 Å². The predicted molar refractivity (Wildman–Crippen MR) is 130 cm³/mol. The number of aliphatic hydroxyl groups is 1. The van der Waals surface area contributed by atoms with Crippen LogP contribution in [0.5, 0.6) is 0 Å². The molecule has 1 saturated carbocycles. The van der Waals surface area contributed by atoms with Crippen LogP contribution in [-0.4, -0.2) is 52.0 Å².